The van der Waals surface area contributed by atoms with Crippen molar-refractivity contribution in [1.29, 1.82) is 0 Å². The molecule has 3 rings (SSSR count). The second-order valence-corrected chi connectivity index (χ2v) is 6.81. The molecule has 2 heterocycles. The van der Waals surface area contributed by atoms with E-state index in [0.29, 0.717) is 11.7 Å². The number of rotatable bonds is 6. The maximum atomic E-state index is 5.83. The van der Waals surface area contributed by atoms with Crippen LogP contribution in [0.25, 0.3) is 0 Å². The van der Waals surface area contributed by atoms with E-state index in [4.69, 9.17) is 16.3 Å². The average molecular weight is 388 g/mol. The molecule has 0 bridgehead atoms. The standard InChI is InChI=1S/C20H26ClN5O/c1-22-20(24-13-16-6-7-19(21)23-12-16)25-14-17-4-2-3-5-18(17)15-26-8-10-27-11-9-26/h2-7,12H,8-11,13-15H2,1H3,(H2,22,24,25). The van der Waals surface area contributed by atoms with E-state index < -0.39 is 0 Å². The number of aromatic nitrogens is 1. The third-order valence-corrected chi connectivity index (χ3v) is 4.76. The lowest BCUT2D eigenvalue weighted by Gasteiger charge is -2.27. The molecule has 1 aliphatic rings. The molecule has 0 amide bonds. The third-order valence-electron chi connectivity index (χ3n) is 4.53. The van der Waals surface area contributed by atoms with Gasteiger partial charge in [0.15, 0.2) is 5.96 Å². The molecule has 27 heavy (non-hydrogen) atoms. The molecule has 2 aromatic rings. The number of pyridine rings is 1. The average Bonchev–Trinajstić information content (AvgIpc) is 2.71. The quantitative estimate of drug-likeness (QED) is 0.453. The molecule has 0 atom stereocenters. The molecule has 1 fully saturated rings. The minimum atomic E-state index is 0.498. The van der Waals surface area contributed by atoms with Gasteiger partial charge in [0, 0.05) is 46.0 Å². The van der Waals surface area contributed by atoms with Crippen LogP contribution < -0.4 is 10.6 Å². The number of guanidine groups is 1. The van der Waals surface area contributed by atoms with Gasteiger partial charge in [0.05, 0.1) is 13.2 Å². The number of nitrogens with zero attached hydrogens (tertiary/aromatic N) is 3. The van der Waals surface area contributed by atoms with Gasteiger partial charge in [-0.1, -0.05) is 41.9 Å². The third kappa shape index (κ3) is 6.20. The van der Waals surface area contributed by atoms with Gasteiger partial charge in [0.1, 0.15) is 5.15 Å². The van der Waals surface area contributed by atoms with Gasteiger partial charge in [0.25, 0.3) is 0 Å². The second kappa shape index (κ2) is 10.3. The molecule has 7 heteroatoms. The molecule has 144 valence electrons. The highest BCUT2D eigenvalue weighted by Gasteiger charge is 2.12. The second-order valence-electron chi connectivity index (χ2n) is 6.43. The number of hydrogen-bond donors (Lipinski definition) is 2. The smallest absolute Gasteiger partial charge is 0.191 e. The monoisotopic (exact) mass is 387 g/mol. The molecule has 0 saturated carbocycles. The first-order chi connectivity index (χ1) is 13.2. The van der Waals surface area contributed by atoms with Crippen molar-refractivity contribution < 1.29 is 4.74 Å². The predicted molar refractivity (Wildman–Crippen MR) is 109 cm³/mol. The topological polar surface area (TPSA) is 61.8 Å². The van der Waals surface area contributed by atoms with Gasteiger partial charge < -0.3 is 15.4 Å². The summed E-state index contributed by atoms with van der Waals surface area (Å²) in [4.78, 5) is 10.8. The van der Waals surface area contributed by atoms with Crippen molar-refractivity contribution in [2.45, 2.75) is 19.6 Å². The van der Waals surface area contributed by atoms with Crippen LogP contribution in [-0.2, 0) is 24.4 Å². The molecule has 6 nitrogen and oxygen atoms in total. The first-order valence-corrected chi connectivity index (χ1v) is 9.54. The van der Waals surface area contributed by atoms with Gasteiger partial charge in [-0.15, -0.1) is 0 Å². The van der Waals surface area contributed by atoms with Crippen molar-refractivity contribution in [2.24, 2.45) is 4.99 Å². The first-order valence-electron chi connectivity index (χ1n) is 9.16. The van der Waals surface area contributed by atoms with E-state index >= 15 is 0 Å². The van der Waals surface area contributed by atoms with Crippen molar-refractivity contribution in [3.8, 4) is 0 Å². The summed E-state index contributed by atoms with van der Waals surface area (Å²) < 4.78 is 5.44. The highest BCUT2D eigenvalue weighted by atomic mass is 35.5. The number of aliphatic imine (C=N–C) groups is 1. The van der Waals surface area contributed by atoms with Crippen LogP contribution in [0.5, 0.6) is 0 Å². The van der Waals surface area contributed by atoms with Crippen molar-refractivity contribution in [2.75, 3.05) is 33.4 Å². The van der Waals surface area contributed by atoms with Crippen LogP contribution in [0.15, 0.2) is 47.6 Å². The van der Waals surface area contributed by atoms with Crippen molar-refractivity contribution >= 4 is 17.6 Å². The zero-order valence-corrected chi connectivity index (χ0v) is 16.4. The summed E-state index contributed by atoms with van der Waals surface area (Å²) in [6, 6.07) is 12.3. The van der Waals surface area contributed by atoms with Crippen LogP contribution in [-0.4, -0.2) is 49.2 Å². The molecule has 1 saturated heterocycles. The Morgan fingerprint density at radius 3 is 2.56 bits per heavy atom. The Morgan fingerprint density at radius 2 is 1.85 bits per heavy atom. The Hall–Kier alpha value is -2.15. The number of hydrogen-bond acceptors (Lipinski definition) is 4. The SMILES string of the molecule is CN=C(NCc1ccc(Cl)nc1)NCc1ccccc1CN1CCOCC1. The summed E-state index contributed by atoms with van der Waals surface area (Å²) in [5.74, 6) is 0.756. The summed E-state index contributed by atoms with van der Waals surface area (Å²) in [6.07, 6.45) is 1.76. The van der Waals surface area contributed by atoms with Gasteiger partial charge in [-0.3, -0.25) is 9.89 Å². The predicted octanol–water partition coefficient (Wildman–Crippen LogP) is 2.43. The van der Waals surface area contributed by atoms with Gasteiger partial charge in [-0.25, -0.2) is 4.98 Å². The zero-order chi connectivity index (χ0) is 18.9. The molecular formula is C20H26ClN5O. The van der Waals surface area contributed by atoms with Crippen LogP contribution in [0, 0.1) is 0 Å². The number of ether oxygens (including phenoxy) is 1. The summed E-state index contributed by atoms with van der Waals surface area (Å²) in [5.41, 5.74) is 3.67. The fourth-order valence-electron chi connectivity index (χ4n) is 2.98. The molecule has 0 spiro atoms. The van der Waals surface area contributed by atoms with Crippen molar-refractivity contribution in [1.82, 2.24) is 20.5 Å². The van der Waals surface area contributed by atoms with E-state index in [1.54, 1.807) is 19.3 Å². The molecule has 1 aromatic carbocycles. The number of benzene rings is 1. The van der Waals surface area contributed by atoms with E-state index in [9.17, 15) is 0 Å². The number of nitrogens with one attached hydrogen (secondary N) is 2. The minimum Gasteiger partial charge on any atom is -0.379 e. The summed E-state index contributed by atoms with van der Waals surface area (Å²) >= 11 is 5.83. The van der Waals surface area contributed by atoms with Crippen LogP contribution in [0.1, 0.15) is 16.7 Å². The summed E-state index contributed by atoms with van der Waals surface area (Å²) in [7, 11) is 1.77. The van der Waals surface area contributed by atoms with E-state index in [0.717, 1.165) is 50.9 Å². The molecule has 1 aliphatic heterocycles. The van der Waals surface area contributed by atoms with Crippen LogP contribution in [0.2, 0.25) is 5.15 Å². The van der Waals surface area contributed by atoms with Gasteiger partial charge in [-0.2, -0.15) is 0 Å². The molecule has 0 radical (unpaired) electrons. The minimum absolute atomic E-state index is 0.498. The van der Waals surface area contributed by atoms with Crippen LogP contribution >= 0.6 is 11.6 Å². The zero-order valence-electron chi connectivity index (χ0n) is 15.6. The lowest BCUT2D eigenvalue weighted by atomic mass is 10.1. The van der Waals surface area contributed by atoms with Crippen molar-refractivity contribution in [3.63, 3.8) is 0 Å². The van der Waals surface area contributed by atoms with E-state index in [1.807, 2.05) is 6.07 Å². The Morgan fingerprint density at radius 1 is 1.11 bits per heavy atom. The maximum absolute atomic E-state index is 5.83. The highest BCUT2D eigenvalue weighted by Crippen LogP contribution is 2.13. The molecule has 2 N–H and O–H groups in total. The Bertz CT molecular complexity index is 744. The van der Waals surface area contributed by atoms with Crippen LogP contribution in [0.3, 0.4) is 0 Å². The largest absolute Gasteiger partial charge is 0.379 e. The molecule has 1 aromatic heterocycles. The molecular weight excluding hydrogens is 362 g/mol. The normalized spacial score (nSPS) is 15.6. The lowest BCUT2D eigenvalue weighted by molar-refractivity contribution is 0.0341. The Balaban J connectivity index is 1.54. The molecule has 0 unspecified atom stereocenters. The fraction of sp³-hybridized carbons (Fsp3) is 0.400. The van der Waals surface area contributed by atoms with E-state index in [-0.39, 0.29) is 0 Å². The number of morpholine rings is 1. The highest BCUT2D eigenvalue weighted by molar-refractivity contribution is 6.29. The van der Waals surface area contributed by atoms with Crippen molar-refractivity contribution in [3.05, 3.63) is 64.4 Å². The lowest BCUT2D eigenvalue weighted by Crippen LogP contribution is -2.37. The summed E-state index contributed by atoms with van der Waals surface area (Å²) in [5, 5.41) is 7.20. The summed E-state index contributed by atoms with van der Waals surface area (Å²) in [6.45, 7) is 5.91. The Kier molecular flexibility index (Phi) is 7.45. The van der Waals surface area contributed by atoms with Crippen LogP contribution in [0.4, 0.5) is 0 Å². The van der Waals surface area contributed by atoms with Gasteiger partial charge >= 0.3 is 0 Å². The first kappa shape index (κ1) is 19.6. The van der Waals surface area contributed by atoms with E-state index in [1.165, 1.54) is 11.1 Å². The fourth-order valence-corrected chi connectivity index (χ4v) is 3.09. The van der Waals surface area contributed by atoms with Gasteiger partial charge in [-0.05, 0) is 22.8 Å². The van der Waals surface area contributed by atoms with Gasteiger partial charge in [0.2, 0.25) is 0 Å². The van der Waals surface area contributed by atoms with E-state index in [2.05, 4.69) is 49.8 Å². The number of halogens is 1. The maximum Gasteiger partial charge on any atom is 0.191 e. The molecule has 0 aliphatic carbocycles. The Labute approximate surface area is 165 Å².